The van der Waals surface area contributed by atoms with Crippen molar-refractivity contribution in [2.45, 2.75) is 56.6 Å². The number of fused-ring (bicyclic) bond motifs is 3. The van der Waals surface area contributed by atoms with Crippen molar-refractivity contribution in [2.75, 3.05) is 11.4 Å². The van der Waals surface area contributed by atoms with Gasteiger partial charge in [-0.3, -0.25) is 19.4 Å². The number of aliphatic imine (C=N–C) groups is 1. The van der Waals surface area contributed by atoms with Gasteiger partial charge >= 0.3 is 0 Å². The Morgan fingerprint density at radius 3 is 2.68 bits per heavy atom. The number of aryl methyl sites for hydroxylation is 2. The van der Waals surface area contributed by atoms with Crippen LogP contribution in [0.5, 0.6) is 0 Å². The Hall–Kier alpha value is -2.72. The standard InChI is InChI=1S/C21H26N6O3S/c1-13-7-16(31(29,30)24-21(3)5-6-21)8-17-18(13)27-14(2)9-22-20(27)26(19(17)28)12-15-10-23-25(4)11-15/h7-8,10-11,14,24H,5-6,9,12H2,1-4H3/t14-/m1/s1. The van der Waals surface area contributed by atoms with E-state index in [0.717, 1.165) is 29.7 Å². The van der Waals surface area contributed by atoms with E-state index < -0.39 is 10.0 Å². The van der Waals surface area contributed by atoms with Crippen molar-refractivity contribution in [1.29, 1.82) is 0 Å². The molecule has 1 aromatic carbocycles. The van der Waals surface area contributed by atoms with Gasteiger partial charge in [0, 0.05) is 24.3 Å². The number of anilines is 1. The fourth-order valence-electron chi connectivity index (χ4n) is 4.28. The van der Waals surface area contributed by atoms with Crippen LogP contribution in [0.25, 0.3) is 0 Å². The third-order valence-electron chi connectivity index (χ3n) is 6.18. The average Bonchev–Trinajstić information content (AvgIpc) is 3.07. The molecular formula is C21H26N6O3S. The van der Waals surface area contributed by atoms with Crippen molar-refractivity contribution in [3.63, 3.8) is 0 Å². The molecule has 3 aliphatic rings. The number of guanidine groups is 1. The van der Waals surface area contributed by atoms with E-state index in [1.54, 1.807) is 21.8 Å². The Kier molecular flexibility index (Phi) is 4.32. The number of rotatable bonds is 5. The van der Waals surface area contributed by atoms with Crippen LogP contribution in [0.4, 0.5) is 5.69 Å². The zero-order valence-corrected chi connectivity index (χ0v) is 18.9. The summed E-state index contributed by atoms with van der Waals surface area (Å²) < 4.78 is 30.5. The number of nitrogens with zero attached hydrogens (tertiary/aromatic N) is 5. The topological polar surface area (TPSA) is 99.9 Å². The molecule has 1 fully saturated rings. The molecule has 3 heterocycles. The van der Waals surface area contributed by atoms with Gasteiger partial charge in [0.2, 0.25) is 16.0 Å². The van der Waals surface area contributed by atoms with Gasteiger partial charge in [-0.15, -0.1) is 0 Å². The van der Waals surface area contributed by atoms with Crippen LogP contribution in [-0.2, 0) is 23.6 Å². The number of carbonyl (C=O) groups excluding carboxylic acids is 1. The van der Waals surface area contributed by atoms with E-state index in [4.69, 9.17) is 0 Å². The molecule has 1 aliphatic carbocycles. The number of benzene rings is 1. The first kappa shape index (κ1) is 20.2. The molecule has 9 nitrogen and oxygen atoms in total. The highest BCUT2D eigenvalue weighted by atomic mass is 32.2. The van der Waals surface area contributed by atoms with E-state index in [2.05, 4.69) is 26.6 Å². The van der Waals surface area contributed by atoms with E-state index in [9.17, 15) is 13.2 Å². The summed E-state index contributed by atoms with van der Waals surface area (Å²) in [6, 6.07) is 3.24. The Bertz CT molecular complexity index is 1230. The summed E-state index contributed by atoms with van der Waals surface area (Å²) in [4.78, 5) is 22.0. The molecule has 2 aromatic rings. The third kappa shape index (κ3) is 3.34. The predicted octanol–water partition coefficient (Wildman–Crippen LogP) is 1.78. The Labute approximate surface area is 181 Å². The van der Waals surface area contributed by atoms with Crippen LogP contribution in [0, 0.1) is 6.92 Å². The van der Waals surface area contributed by atoms with Gasteiger partial charge in [0.15, 0.2) is 0 Å². The molecule has 0 spiro atoms. The molecule has 10 heteroatoms. The Morgan fingerprint density at radius 1 is 1.29 bits per heavy atom. The zero-order chi connectivity index (χ0) is 22.1. The third-order valence-corrected chi connectivity index (χ3v) is 7.79. The molecular weight excluding hydrogens is 416 g/mol. The maximum absolute atomic E-state index is 13.6. The summed E-state index contributed by atoms with van der Waals surface area (Å²) in [5, 5.41) is 4.19. The Morgan fingerprint density at radius 2 is 2.03 bits per heavy atom. The van der Waals surface area contributed by atoms with Crippen LogP contribution in [0.2, 0.25) is 0 Å². The minimum absolute atomic E-state index is 0.0721. The summed E-state index contributed by atoms with van der Waals surface area (Å²) in [7, 11) is -1.90. The van der Waals surface area contributed by atoms with Crippen molar-refractivity contribution in [2.24, 2.45) is 12.0 Å². The minimum atomic E-state index is -3.73. The summed E-state index contributed by atoms with van der Waals surface area (Å²) in [5.41, 5.74) is 2.37. The highest BCUT2D eigenvalue weighted by Gasteiger charge is 2.44. The van der Waals surface area contributed by atoms with Gasteiger partial charge in [0.1, 0.15) is 0 Å². The van der Waals surface area contributed by atoms with E-state index in [-0.39, 0.29) is 22.4 Å². The maximum Gasteiger partial charge on any atom is 0.263 e. The summed E-state index contributed by atoms with van der Waals surface area (Å²) >= 11 is 0. The molecule has 1 amide bonds. The molecule has 164 valence electrons. The maximum atomic E-state index is 13.6. The van der Waals surface area contributed by atoms with Crippen molar-refractivity contribution >= 4 is 27.6 Å². The summed E-state index contributed by atoms with van der Waals surface area (Å²) in [5.74, 6) is 0.358. The van der Waals surface area contributed by atoms with Crippen molar-refractivity contribution in [1.82, 2.24) is 19.4 Å². The molecule has 2 aliphatic heterocycles. The van der Waals surface area contributed by atoms with Gasteiger partial charge < -0.3 is 4.90 Å². The van der Waals surface area contributed by atoms with Gasteiger partial charge in [-0.25, -0.2) is 13.1 Å². The fraction of sp³-hybridized carbons (Fsp3) is 0.476. The van der Waals surface area contributed by atoms with Gasteiger partial charge in [-0.1, -0.05) is 0 Å². The molecule has 0 bridgehead atoms. The Balaban J connectivity index is 1.60. The minimum Gasteiger partial charge on any atom is -0.306 e. The normalized spacial score (nSPS) is 21.7. The van der Waals surface area contributed by atoms with Gasteiger partial charge in [0.05, 0.1) is 41.5 Å². The van der Waals surface area contributed by atoms with Crippen molar-refractivity contribution in [3.8, 4) is 0 Å². The zero-order valence-electron chi connectivity index (χ0n) is 18.1. The first-order valence-corrected chi connectivity index (χ1v) is 11.9. The molecule has 0 unspecified atom stereocenters. The second-order valence-corrected chi connectivity index (χ2v) is 10.8. The van der Waals surface area contributed by atoms with Crippen LogP contribution < -0.4 is 9.62 Å². The second kappa shape index (κ2) is 6.64. The van der Waals surface area contributed by atoms with Crippen molar-refractivity contribution in [3.05, 3.63) is 41.2 Å². The van der Waals surface area contributed by atoms with E-state index >= 15 is 0 Å². The lowest BCUT2D eigenvalue weighted by molar-refractivity contribution is 0.0832. The van der Waals surface area contributed by atoms with Crippen LogP contribution in [0.1, 0.15) is 48.2 Å². The smallest absolute Gasteiger partial charge is 0.263 e. The number of nitrogens with one attached hydrogen (secondary N) is 1. The quantitative estimate of drug-likeness (QED) is 0.761. The number of hydrogen-bond acceptors (Lipinski definition) is 6. The lowest BCUT2D eigenvalue weighted by Crippen LogP contribution is -2.52. The van der Waals surface area contributed by atoms with Crippen LogP contribution >= 0.6 is 0 Å². The largest absolute Gasteiger partial charge is 0.306 e. The highest BCUT2D eigenvalue weighted by molar-refractivity contribution is 7.89. The summed E-state index contributed by atoms with van der Waals surface area (Å²) in [6.45, 7) is 6.69. The molecule has 1 N–H and O–H groups in total. The molecule has 0 saturated heterocycles. The van der Waals surface area contributed by atoms with Gasteiger partial charge in [-0.05, 0) is 51.3 Å². The van der Waals surface area contributed by atoms with Gasteiger partial charge in [-0.2, -0.15) is 5.10 Å². The predicted molar refractivity (Wildman–Crippen MR) is 116 cm³/mol. The first-order chi connectivity index (χ1) is 14.6. The molecule has 1 saturated carbocycles. The monoisotopic (exact) mass is 442 g/mol. The number of sulfonamides is 1. The first-order valence-electron chi connectivity index (χ1n) is 10.4. The lowest BCUT2D eigenvalue weighted by atomic mass is 10.0. The number of amides is 1. The molecule has 1 aromatic heterocycles. The van der Waals surface area contributed by atoms with Crippen molar-refractivity contribution < 1.29 is 13.2 Å². The van der Waals surface area contributed by atoms with E-state index in [0.29, 0.717) is 24.6 Å². The molecule has 5 rings (SSSR count). The van der Waals surface area contributed by atoms with E-state index in [1.807, 2.05) is 27.1 Å². The molecule has 31 heavy (non-hydrogen) atoms. The molecule has 1 atom stereocenters. The summed E-state index contributed by atoms with van der Waals surface area (Å²) in [6.07, 6.45) is 5.22. The second-order valence-electron chi connectivity index (χ2n) is 9.08. The van der Waals surface area contributed by atoms with Gasteiger partial charge in [0.25, 0.3) is 5.91 Å². The van der Waals surface area contributed by atoms with Crippen LogP contribution in [0.3, 0.4) is 0 Å². The highest BCUT2D eigenvalue weighted by Crippen LogP contribution is 2.40. The number of hydrogen-bond donors (Lipinski definition) is 1. The van der Waals surface area contributed by atoms with Crippen LogP contribution in [-0.4, -0.2) is 53.1 Å². The molecule has 0 radical (unpaired) electrons. The van der Waals surface area contributed by atoms with E-state index in [1.165, 1.54) is 6.07 Å². The average molecular weight is 443 g/mol. The number of aromatic nitrogens is 2. The fourth-order valence-corrected chi connectivity index (χ4v) is 5.85. The lowest BCUT2D eigenvalue weighted by Gasteiger charge is -2.39. The van der Waals surface area contributed by atoms with Crippen LogP contribution in [0.15, 0.2) is 34.4 Å². The SMILES string of the molecule is Cc1cc(S(=O)(=O)NC2(C)CC2)cc2c1N1C(=NC[C@H]1C)N(Cc1cnn(C)c1)C2=O. The number of carbonyl (C=O) groups is 1.